The molecule has 1 aromatic rings. The van der Waals surface area contributed by atoms with E-state index in [-0.39, 0.29) is 30.9 Å². The van der Waals surface area contributed by atoms with E-state index in [0.29, 0.717) is 12.2 Å². The molecule has 4 heteroatoms. The average molecular weight is 290 g/mol. The van der Waals surface area contributed by atoms with Gasteiger partial charge in [-0.1, -0.05) is 31.2 Å². The van der Waals surface area contributed by atoms with Crippen LogP contribution in [0.3, 0.4) is 0 Å². The molecular weight excluding hydrogens is 268 g/mol. The molecule has 0 aliphatic carbocycles. The Labute approximate surface area is 125 Å². The highest BCUT2D eigenvalue weighted by Gasteiger charge is 2.36. The third kappa shape index (κ3) is 3.71. The Bertz CT molecular complexity index is 506. The molecule has 114 valence electrons. The predicted molar refractivity (Wildman–Crippen MR) is 80.1 cm³/mol. The zero-order valence-electron chi connectivity index (χ0n) is 12.8. The zero-order valence-corrected chi connectivity index (χ0v) is 12.8. The van der Waals surface area contributed by atoms with Gasteiger partial charge in [-0.25, -0.2) is 4.79 Å². The van der Waals surface area contributed by atoms with Crippen molar-refractivity contribution in [2.24, 2.45) is 5.92 Å². The van der Waals surface area contributed by atoms with E-state index >= 15 is 0 Å². The summed E-state index contributed by atoms with van der Waals surface area (Å²) in [6.07, 6.45) is -0.600. The van der Waals surface area contributed by atoms with Crippen molar-refractivity contribution < 1.29 is 19.0 Å². The van der Waals surface area contributed by atoms with Crippen molar-refractivity contribution in [3.05, 3.63) is 47.5 Å². The number of carbonyl (C=O) groups excluding carboxylic acids is 1. The first-order valence-corrected chi connectivity index (χ1v) is 7.22. The highest BCUT2D eigenvalue weighted by molar-refractivity contribution is 5.89. The number of aryl methyl sites for hydroxylation is 1. The third-order valence-electron chi connectivity index (χ3n) is 3.69. The molecule has 0 amide bonds. The summed E-state index contributed by atoms with van der Waals surface area (Å²) in [5.74, 6) is -0.244. The molecule has 1 fully saturated rings. The van der Waals surface area contributed by atoms with Crippen molar-refractivity contribution in [1.29, 1.82) is 0 Å². The van der Waals surface area contributed by atoms with Crippen LogP contribution in [0.2, 0.25) is 0 Å². The number of ether oxygens (including phenoxy) is 3. The van der Waals surface area contributed by atoms with E-state index in [4.69, 9.17) is 14.2 Å². The van der Waals surface area contributed by atoms with Crippen LogP contribution in [-0.2, 0) is 14.2 Å². The third-order valence-corrected chi connectivity index (χ3v) is 3.69. The number of benzene rings is 1. The van der Waals surface area contributed by atoms with Gasteiger partial charge in [0, 0.05) is 12.5 Å². The van der Waals surface area contributed by atoms with Crippen molar-refractivity contribution in [3.8, 4) is 0 Å². The van der Waals surface area contributed by atoms with Gasteiger partial charge in [-0.15, -0.1) is 0 Å². The fourth-order valence-electron chi connectivity index (χ4n) is 2.25. The molecule has 4 nitrogen and oxygen atoms in total. The number of carbonyl (C=O) groups is 1. The Kier molecular flexibility index (Phi) is 5.15. The quantitative estimate of drug-likeness (QED) is 0.617. The molecule has 0 unspecified atom stereocenters. The lowest BCUT2D eigenvalue weighted by Crippen LogP contribution is -2.22. The van der Waals surface area contributed by atoms with E-state index in [2.05, 4.69) is 6.58 Å². The molecule has 1 aromatic carbocycles. The second kappa shape index (κ2) is 6.87. The van der Waals surface area contributed by atoms with Gasteiger partial charge in [0.05, 0.1) is 5.56 Å². The Morgan fingerprint density at radius 1 is 1.33 bits per heavy atom. The Balaban J connectivity index is 1.89. The summed E-state index contributed by atoms with van der Waals surface area (Å²) in [5.41, 5.74) is 2.55. The van der Waals surface area contributed by atoms with Crippen LogP contribution in [0.1, 0.15) is 29.8 Å². The van der Waals surface area contributed by atoms with E-state index in [1.54, 1.807) is 12.1 Å². The summed E-state index contributed by atoms with van der Waals surface area (Å²) in [4.78, 5) is 12.0. The maximum absolute atomic E-state index is 12.0. The van der Waals surface area contributed by atoms with E-state index in [9.17, 15) is 4.79 Å². The largest absolute Gasteiger partial charge is 0.459 e. The van der Waals surface area contributed by atoms with E-state index in [0.717, 1.165) is 11.1 Å². The monoisotopic (exact) mass is 290 g/mol. The van der Waals surface area contributed by atoms with Gasteiger partial charge in [0.1, 0.15) is 12.7 Å². The highest BCUT2D eigenvalue weighted by Crippen LogP contribution is 2.31. The van der Waals surface area contributed by atoms with Gasteiger partial charge in [-0.05, 0) is 31.6 Å². The van der Waals surface area contributed by atoms with Crippen LogP contribution in [0.4, 0.5) is 0 Å². The molecular formula is C17H22O4. The molecule has 3 atom stereocenters. The van der Waals surface area contributed by atoms with Crippen molar-refractivity contribution in [2.45, 2.75) is 33.2 Å². The fraction of sp³-hybridized carbons (Fsp3) is 0.471. The number of hydrogen-bond donors (Lipinski definition) is 0. The smallest absolute Gasteiger partial charge is 0.338 e. The van der Waals surface area contributed by atoms with Gasteiger partial charge >= 0.3 is 5.97 Å². The van der Waals surface area contributed by atoms with Crippen molar-refractivity contribution in [2.75, 3.05) is 13.2 Å². The summed E-state index contributed by atoms with van der Waals surface area (Å²) >= 11 is 0. The lowest BCUT2D eigenvalue weighted by atomic mass is 10.0. The van der Waals surface area contributed by atoms with Crippen LogP contribution in [0.15, 0.2) is 36.4 Å². The molecule has 0 aromatic heterocycles. The summed E-state index contributed by atoms with van der Waals surface area (Å²) in [6, 6.07) is 7.28. The minimum absolute atomic E-state index is 0.105. The standard InChI is InChI=1S/C17H22O4/c1-5-19-17-13(4)12(3)15(21-17)10-20-16(18)14-8-6-11(2)7-9-14/h6-9,13,15,17H,3,5,10H2,1-2,4H3/t13-,15-,17+/m1/s1. The molecule has 1 aliphatic heterocycles. The lowest BCUT2D eigenvalue weighted by molar-refractivity contribution is -0.150. The Morgan fingerprint density at radius 3 is 2.62 bits per heavy atom. The maximum Gasteiger partial charge on any atom is 0.338 e. The maximum atomic E-state index is 12.0. The molecule has 1 saturated heterocycles. The number of hydrogen-bond acceptors (Lipinski definition) is 4. The van der Waals surface area contributed by atoms with Gasteiger partial charge in [0.2, 0.25) is 0 Å². The van der Waals surface area contributed by atoms with Crippen LogP contribution in [-0.4, -0.2) is 31.6 Å². The molecule has 0 radical (unpaired) electrons. The Morgan fingerprint density at radius 2 is 2.00 bits per heavy atom. The van der Waals surface area contributed by atoms with Crippen LogP contribution in [0.25, 0.3) is 0 Å². The van der Waals surface area contributed by atoms with Crippen molar-refractivity contribution in [3.63, 3.8) is 0 Å². The highest BCUT2D eigenvalue weighted by atomic mass is 16.7. The summed E-state index contributed by atoms with van der Waals surface area (Å²) in [7, 11) is 0. The molecule has 0 spiro atoms. The van der Waals surface area contributed by atoms with Gasteiger partial charge < -0.3 is 14.2 Å². The first kappa shape index (κ1) is 15.7. The fourth-order valence-corrected chi connectivity index (χ4v) is 2.25. The van der Waals surface area contributed by atoms with Gasteiger partial charge in [-0.3, -0.25) is 0 Å². The number of esters is 1. The van der Waals surface area contributed by atoms with Crippen LogP contribution in [0.5, 0.6) is 0 Å². The summed E-state index contributed by atoms with van der Waals surface area (Å²) in [5, 5.41) is 0. The first-order valence-electron chi connectivity index (χ1n) is 7.22. The van der Waals surface area contributed by atoms with Gasteiger partial charge in [-0.2, -0.15) is 0 Å². The minimum Gasteiger partial charge on any atom is -0.459 e. The van der Waals surface area contributed by atoms with Gasteiger partial charge in [0.25, 0.3) is 0 Å². The topological polar surface area (TPSA) is 44.8 Å². The SMILES string of the molecule is C=C1[C@@H](C)[C@@H](OCC)O[C@@H]1COC(=O)c1ccc(C)cc1. The zero-order chi connectivity index (χ0) is 15.4. The van der Waals surface area contributed by atoms with Crippen molar-refractivity contribution >= 4 is 5.97 Å². The van der Waals surface area contributed by atoms with Crippen LogP contribution >= 0.6 is 0 Å². The van der Waals surface area contributed by atoms with Gasteiger partial charge in [0.15, 0.2) is 6.29 Å². The second-order valence-corrected chi connectivity index (χ2v) is 5.28. The predicted octanol–water partition coefficient (Wildman–Crippen LogP) is 3.11. The second-order valence-electron chi connectivity index (χ2n) is 5.28. The summed E-state index contributed by atoms with van der Waals surface area (Å²) in [6.45, 7) is 10.7. The van der Waals surface area contributed by atoms with E-state index < -0.39 is 0 Å². The molecule has 0 bridgehead atoms. The molecule has 1 aliphatic rings. The molecule has 0 N–H and O–H groups in total. The average Bonchev–Trinajstić information content (AvgIpc) is 2.74. The van der Waals surface area contributed by atoms with E-state index in [1.807, 2.05) is 32.9 Å². The lowest BCUT2D eigenvalue weighted by Gasteiger charge is -2.14. The number of rotatable bonds is 5. The molecule has 21 heavy (non-hydrogen) atoms. The van der Waals surface area contributed by atoms with Crippen LogP contribution in [0, 0.1) is 12.8 Å². The Hall–Kier alpha value is -1.65. The van der Waals surface area contributed by atoms with Crippen LogP contribution < -0.4 is 0 Å². The molecule has 1 heterocycles. The normalized spacial score (nSPS) is 25.1. The molecule has 0 saturated carbocycles. The van der Waals surface area contributed by atoms with E-state index in [1.165, 1.54) is 0 Å². The minimum atomic E-state index is -0.348. The first-order chi connectivity index (χ1) is 10.0. The summed E-state index contributed by atoms with van der Waals surface area (Å²) < 4.78 is 16.5. The molecule has 2 rings (SSSR count). The van der Waals surface area contributed by atoms with Crippen molar-refractivity contribution in [1.82, 2.24) is 0 Å².